The fraction of sp³-hybridized carbons (Fsp3) is 0. The molecule has 32 valence electrons. The predicted molar refractivity (Wildman–Crippen MR) is 14.7 cm³/mol. The molecule has 0 aromatic heterocycles. The van der Waals surface area contributed by atoms with E-state index in [-0.39, 0.29) is 0 Å². The highest BCUT2D eigenvalue weighted by atomic mass is 19.2. The fourth-order valence-electron chi connectivity index (χ4n) is 0.0413. The molecular formula is CHFN4. The van der Waals surface area contributed by atoms with Gasteiger partial charge >= 0.3 is 0 Å². The molecule has 0 fully saturated rings. The summed E-state index contributed by atoms with van der Waals surface area (Å²) in [5, 5.41) is 12.5. The van der Waals surface area contributed by atoms with Crippen molar-refractivity contribution in [1.29, 1.82) is 5.26 Å². The molecule has 0 saturated carbocycles. The maximum atomic E-state index is 10.5. The lowest BCUT2D eigenvalue weighted by atomic mass is 11.5. The van der Waals surface area contributed by atoms with E-state index in [1.54, 1.807) is 0 Å². The number of nitriles is 1. The van der Waals surface area contributed by atoms with Crippen LogP contribution < -0.4 is 5.65 Å². The Hall–Kier alpha value is -1.18. The Kier molecular flexibility index (Phi) is 3.07. The van der Waals surface area contributed by atoms with Gasteiger partial charge in [-0.05, 0) is 10.3 Å². The molecule has 0 atom stereocenters. The van der Waals surface area contributed by atoms with Gasteiger partial charge in [0.25, 0.3) is 0 Å². The van der Waals surface area contributed by atoms with Crippen LogP contribution in [0, 0.1) is 11.5 Å². The molecule has 0 aliphatic carbocycles. The maximum Gasteiger partial charge on any atom is 0.227 e. The highest BCUT2D eigenvalue weighted by molar-refractivity contribution is 4.56. The van der Waals surface area contributed by atoms with Crippen LogP contribution >= 0.6 is 0 Å². The Balaban J connectivity index is 3.02. The van der Waals surface area contributed by atoms with Crippen LogP contribution in [0.5, 0.6) is 0 Å². The Morgan fingerprint density at radius 1 is 1.83 bits per heavy atom. The molecule has 5 heteroatoms. The summed E-state index contributed by atoms with van der Waals surface area (Å²) in [4.78, 5) is 0. The van der Waals surface area contributed by atoms with Crippen LogP contribution in [-0.2, 0) is 0 Å². The minimum Gasteiger partial charge on any atom is -0.169 e. The fourth-order valence-corrected chi connectivity index (χ4v) is 0.0413. The van der Waals surface area contributed by atoms with E-state index in [1.165, 1.54) is 6.19 Å². The summed E-state index contributed by atoms with van der Waals surface area (Å²) in [6.07, 6.45) is 1.22. The number of rotatable bonds is 1. The molecule has 0 aromatic rings. The van der Waals surface area contributed by atoms with Gasteiger partial charge in [0.15, 0.2) is 0 Å². The number of hydrogen-bond acceptors (Lipinski definition) is 3. The first kappa shape index (κ1) is 4.82. The zero-order valence-corrected chi connectivity index (χ0v) is 2.72. The van der Waals surface area contributed by atoms with Gasteiger partial charge in [0.1, 0.15) is 0 Å². The topological polar surface area (TPSA) is 60.5 Å². The molecular weight excluding hydrogens is 87.0 g/mol. The summed E-state index contributed by atoms with van der Waals surface area (Å²) in [6, 6.07) is 0. The third-order valence-electron chi connectivity index (χ3n) is 0.133. The Morgan fingerprint density at radius 2 is 2.50 bits per heavy atom. The summed E-state index contributed by atoms with van der Waals surface area (Å²) >= 11 is 0. The largest absolute Gasteiger partial charge is 0.227 e. The van der Waals surface area contributed by atoms with Gasteiger partial charge < -0.3 is 0 Å². The summed E-state index contributed by atoms with van der Waals surface area (Å²) in [5.41, 5.74) is 0.804. The highest BCUT2D eigenvalue weighted by Crippen LogP contribution is 1.60. The van der Waals surface area contributed by atoms with Crippen molar-refractivity contribution < 1.29 is 4.48 Å². The predicted octanol–water partition coefficient (Wildman–Crippen LogP) is 0.309. The zero-order valence-electron chi connectivity index (χ0n) is 2.72. The molecule has 0 spiro atoms. The van der Waals surface area contributed by atoms with Crippen LogP contribution in [-0.4, -0.2) is 0 Å². The van der Waals surface area contributed by atoms with Gasteiger partial charge in [-0.25, -0.2) is 0 Å². The third kappa shape index (κ3) is 2.82. The molecule has 4 nitrogen and oxygen atoms in total. The first-order valence-corrected chi connectivity index (χ1v) is 1.06. The third-order valence-corrected chi connectivity index (χ3v) is 0.133. The van der Waals surface area contributed by atoms with Crippen molar-refractivity contribution in [2.45, 2.75) is 0 Å². The number of hydrogen-bond donors (Lipinski definition) is 1. The van der Waals surface area contributed by atoms with E-state index in [4.69, 9.17) is 5.26 Å². The van der Waals surface area contributed by atoms with Crippen molar-refractivity contribution in [3.63, 3.8) is 0 Å². The van der Waals surface area contributed by atoms with Gasteiger partial charge in [0.2, 0.25) is 6.19 Å². The van der Waals surface area contributed by atoms with Crippen molar-refractivity contribution in [3.05, 3.63) is 0 Å². The van der Waals surface area contributed by atoms with Crippen molar-refractivity contribution in [2.75, 3.05) is 0 Å². The van der Waals surface area contributed by atoms with Crippen LogP contribution in [0.15, 0.2) is 10.3 Å². The first-order chi connectivity index (χ1) is 2.91. The molecule has 6 heavy (non-hydrogen) atoms. The second kappa shape index (κ2) is 3.82. The van der Waals surface area contributed by atoms with Crippen LogP contribution in [0.4, 0.5) is 4.48 Å². The van der Waals surface area contributed by atoms with Gasteiger partial charge in [-0.1, -0.05) is 4.48 Å². The molecule has 0 unspecified atom stereocenters. The first-order valence-electron chi connectivity index (χ1n) is 1.06. The summed E-state index contributed by atoms with van der Waals surface area (Å²) in [5.74, 6) is 0. The van der Waals surface area contributed by atoms with Crippen LogP contribution in [0.3, 0.4) is 0 Å². The molecule has 0 heterocycles. The quantitative estimate of drug-likeness (QED) is 0.217. The van der Waals surface area contributed by atoms with E-state index >= 15 is 0 Å². The molecule has 0 radical (unpaired) electrons. The zero-order chi connectivity index (χ0) is 4.83. The monoisotopic (exact) mass is 88.0 g/mol. The summed E-state index contributed by atoms with van der Waals surface area (Å²) in [6.45, 7) is 0. The van der Waals surface area contributed by atoms with Gasteiger partial charge in [-0.2, -0.15) is 5.26 Å². The maximum absolute atomic E-state index is 10.5. The summed E-state index contributed by atoms with van der Waals surface area (Å²) < 4.78 is 10.5. The molecule has 0 amide bonds. The number of halogens is 1. The Morgan fingerprint density at radius 3 is 2.67 bits per heavy atom. The van der Waals surface area contributed by atoms with E-state index < -0.39 is 0 Å². The van der Waals surface area contributed by atoms with Crippen molar-refractivity contribution >= 4 is 0 Å². The van der Waals surface area contributed by atoms with E-state index in [1.807, 2.05) is 0 Å². The van der Waals surface area contributed by atoms with Gasteiger partial charge in [-0.3, -0.25) is 0 Å². The van der Waals surface area contributed by atoms with E-state index in [2.05, 4.69) is 10.3 Å². The highest BCUT2D eigenvalue weighted by Gasteiger charge is 1.57. The molecule has 1 N–H and O–H groups in total. The molecule has 0 rings (SSSR count). The summed E-state index contributed by atoms with van der Waals surface area (Å²) in [7, 11) is 0. The lowest BCUT2D eigenvalue weighted by Crippen LogP contribution is -1.79. The van der Waals surface area contributed by atoms with E-state index in [0.717, 1.165) is 5.65 Å². The molecule has 0 aromatic carbocycles. The van der Waals surface area contributed by atoms with Gasteiger partial charge in [-0.15, -0.1) is 5.65 Å². The lowest BCUT2D eigenvalue weighted by molar-refractivity contribution is 0.333. The molecule has 0 aliphatic rings. The normalized spacial score (nSPS) is 8.00. The van der Waals surface area contributed by atoms with E-state index in [9.17, 15) is 4.48 Å². The van der Waals surface area contributed by atoms with Crippen molar-refractivity contribution in [1.82, 2.24) is 5.65 Å². The SMILES string of the molecule is N#C/N=N/NF. The molecule has 0 bridgehead atoms. The average Bonchev–Trinajstić information content (AvgIpc) is 1.61. The lowest BCUT2D eigenvalue weighted by Gasteiger charge is -1.65. The standard InChI is InChI=1S/CHFN4/c2-5-6-4-1-3/h(H,4,5). The minimum absolute atomic E-state index is 0.804. The second-order valence-corrected chi connectivity index (χ2v) is 0.385. The van der Waals surface area contributed by atoms with Crippen molar-refractivity contribution in [3.8, 4) is 6.19 Å². The number of nitrogens with zero attached hydrogens (tertiary/aromatic N) is 3. The van der Waals surface area contributed by atoms with Gasteiger partial charge in [0, 0.05) is 0 Å². The van der Waals surface area contributed by atoms with Gasteiger partial charge in [0.05, 0.1) is 0 Å². The van der Waals surface area contributed by atoms with Crippen LogP contribution in [0.1, 0.15) is 0 Å². The second-order valence-electron chi connectivity index (χ2n) is 0.385. The Labute approximate surface area is 33.2 Å². The Bertz CT molecular complexity index is 80.0. The van der Waals surface area contributed by atoms with Crippen LogP contribution in [0.2, 0.25) is 0 Å². The average molecular weight is 88.0 g/mol. The molecule has 0 saturated heterocycles. The van der Waals surface area contributed by atoms with Crippen molar-refractivity contribution in [2.24, 2.45) is 10.3 Å². The minimum atomic E-state index is 0.804. The van der Waals surface area contributed by atoms with E-state index in [0.29, 0.717) is 0 Å². The smallest absolute Gasteiger partial charge is 0.169 e. The molecule has 0 aliphatic heterocycles. The van der Waals surface area contributed by atoms with Crippen LogP contribution in [0.25, 0.3) is 0 Å². The number of nitrogens with one attached hydrogen (secondary N) is 1.